The topological polar surface area (TPSA) is 53.3 Å². The van der Waals surface area contributed by atoms with Gasteiger partial charge in [-0.1, -0.05) is 30.3 Å². The Morgan fingerprint density at radius 2 is 2.00 bits per heavy atom. The lowest BCUT2D eigenvalue weighted by Gasteiger charge is -2.35. The van der Waals surface area contributed by atoms with E-state index < -0.39 is 11.4 Å². The molecule has 0 radical (unpaired) electrons. The smallest absolute Gasteiger partial charge is 0.326 e. The van der Waals surface area contributed by atoms with Crippen LogP contribution in [0.3, 0.4) is 0 Å². The van der Waals surface area contributed by atoms with Crippen molar-refractivity contribution in [1.29, 1.82) is 5.26 Å². The molecule has 0 N–H and O–H groups in total. The first kappa shape index (κ1) is 13.6. The summed E-state index contributed by atoms with van der Waals surface area (Å²) < 4.78 is 4.76. The summed E-state index contributed by atoms with van der Waals surface area (Å²) in [5.74, 6) is -0.394. The quantitative estimate of drug-likeness (QED) is 0.778. The van der Waals surface area contributed by atoms with Crippen molar-refractivity contribution in [3.05, 3.63) is 35.9 Å². The van der Waals surface area contributed by atoms with Crippen molar-refractivity contribution in [2.75, 3.05) is 20.2 Å². The van der Waals surface area contributed by atoms with Gasteiger partial charge in [-0.25, -0.2) is 0 Å². The van der Waals surface area contributed by atoms with Gasteiger partial charge >= 0.3 is 5.97 Å². The van der Waals surface area contributed by atoms with Crippen LogP contribution < -0.4 is 0 Å². The van der Waals surface area contributed by atoms with E-state index in [-0.39, 0.29) is 0 Å². The first-order valence-electron chi connectivity index (χ1n) is 6.46. The minimum absolute atomic E-state index is 0.394. The highest BCUT2D eigenvalue weighted by molar-refractivity contribution is 5.80. The Morgan fingerprint density at radius 1 is 1.37 bits per heavy atom. The molecule has 4 heteroatoms. The fraction of sp³-hybridized carbons (Fsp3) is 0.467. The molecule has 1 aromatic carbocycles. The monoisotopic (exact) mass is 258 g/mol. The van der Waals surface area contributed by atoms with Crippen LogP contribution in [0.25, 0.3) is 0 Å². The molecule has 0 atom stereocenters. The van der Waals surface area contributed by atoms with Crippen LogP contribution in [0.5, 0.6) is 0 Å². The third-order valence-corrected chi connectivity index (χ3v) is 3.75. The van der Waals surface area contributed by atoms with E-state index in [1.54, 1.807) is 0 Å². The van der Waals surface area contributed by atoms with Crippen molar-refractivity contribution in [3.8, 4) is 6.07 Å². The summed E-state index contributed by atoms with van der Waals surface area (Å²) in [6.45, 7) is 2.36. The molecule has 1 saturated heterocycles. The third kappa shape index (κ3) is 2.94. The molecule has 0 amide bonds. The van der Waals surface area contributed by atoms with Gasteiger partial charge in [0, 0.05) is 19.6 Å². The lowest BCUT2D eigenvalue weighted by molar-refractivity contribution is -0.151. The number of nitriles is 1. The van der Waals surface area contributed by atoms with Crippen LogP contribution in [0.15, 0.2) is 30.3 Å². The number of hydrogen-bond donors (Lipinski definition) is 0. The van der Waals surface area contributed by atoms with Crippen LogP contribution in [-0.2, 0) is 16.1 Å². The van der Waals surface area contributed by atoms with Gasteiger partial charge in [0.15, 0.2) is 5.41 Å². The summed E-state index contributed by atoms with van der Waals surface area (Å²) in [6.07, 6.45) is 1.09. The van der Waals surface area contributed by atoms with Crippen molar-refractivity contribution in [2.45, 2.75) is 19.4 Å². The number of carbonyl (C=O) groups is 1. The number of piperidine rings is 1. The van der Waals surface area contributed by atoms with E-state index in [2.05, 4.69) is 23.1 Å². The SMILES string of the molecule is COC(=O)C1(C#N)CCN(Cc2ccccc2)CC1. The zero-order valence-electron chi connectivity index (χ0n) is 11.1. The van der Waals surface area contributed by atoms with E-state index in [9.17, 15) is 10.1 Å². The number of likely N-dealkylation sites (tertiary alicyclic amines) is 1. The largest absolute Gasteiger partial charge is 0.468 e. The van der Waals surface area contributed by atoms with Crippen LogP contribution in [0, 0.1) is 16.7 Å². The van der Waals surface area contributed by atoms with Crippen molar-refractivity contribution in [3.63, 3.8) is 0 Å². The fourth-order valence-electron chi connectivity index (χ4n) is 2.49. The molecule has 0 aliphatic carbocycles. The van der Waals surface area contributed by atoms with Gasteiger partial charge in [0.1, 0.15) is 0 Å². The highest BCUT2D eigenvalue weighted by Crippen LogP contribution is 2.32. The van der Waals surface area contributed by atoms with Crippen molar-refractivity contribution in [2.24, 2.45) is 5.41 Å². The van der Waals surface area contributed by atoms with Crippen molar-refractivity contribution >= 4 is 5.97 Å². The lowest BCUT2D eigenvalue weighted by Crippen LogP contribution is -2.43. The number of ether oxygens (including phenoxy) is 1. The van der Waals surface area contributed by atoms with Gasteiger partial charge in [0.05, 0.1) is 13.2 Å². The summed E-state index contributed by atoms with van der Waals surface area (Å²) in [5, 5.41) is 9.25. The molecule has 0 unspecified atom stereocenters. The van der Waals surface area contributed by atoms with Gasteiger partial charge in [0.2, 0.25) is 0 Å². The van der Waals surface area contributed by atoms with E-state index in [0.717, 1.165) is 19.6 Å². The Balaban J connectivity index is 1.96. The number of esters is 1. The van der Waals surface area contributed by atoms with Crippen LogP contribution in [0.1, 0.15) is 18.4 Å². The molecule has 100 valence electrons. The zero-order chi connectivity index (χ0) is 13.7. The van der Waals surface area contributed by atoms with Crippen molar-refractivity contribution in [1.82, 2.24) is 4.90 Å². The predicted octanol–water partition coefficient (Wildman–Crippen LogP) is 1.97. The summed E-state index contributed by atoms with van der Waals surface area (Å²) >= 11 is 0. The van der Waals surface area contributed by atoms with Crippen LogP contribution in [0.2, 0.25) is 0 Å². The molecule has 2 rings (SSSR count). The molecule has 0 aromatic heterocycles. The van der Waals surface area contributed by atoms with E-state index >= 15 is 0 Å². The van der Waals surface area contributed by atoms with E-state index in [0.29, 0.717) is 12.8 Å². The summed E-state index contributed by atoms with van der Waals surface area (Å²) in [5.41, 5.74) is 0.312. The second-order valence-electron chi connectivity index (χ2n) is 4.95. The minimum atomic E-state index is -0.943. The van der Waals surface area contributed by atoms with Crippen molar-refractivity contribution < 1.29 is 9.53 Å². The fourth-order valence-corrected chi connectivity index (χ4v) is 2.49. The molecule has 0 bridgehead atoms. The Hall–Kier alpha value is -1.86. The highest BCUT2D eigenvalue weighted by Gasteiger charge is 2.42. The molecular formula is C15H18N2O2. The summed E-state index contributed by atoms with van der Waals surface area (Å²) in [6, 6.07) is 12.4. The van der Waals surface area contributed by atoms with E-state index in [1.165, 1.54) is 12.7 Å². The molecule has 1 heterocycles. The molecule has 1 aliphatic heterocycles. The number of carbonyl (C=O) groups excluding carboxylic acids is 1. The highest BCUT2D eigenvalue weighted by atomic mass is 16.5. The normalized spacial score (nSPS) is 18.5. The predicted molar refractivity (Wildman–Crippen MR) is 71.0 cm³/mol. The third-order valence-electron chi connectivity index (χ3n) is 3.75. The van der Waals surface area contributed by atoms with Gasteiger partial charge < -0.3 is 4.74 Å². The molecule has 0 saturated carbocycles. The Labute approximate surface area is 113 Å². The first-order chi connectivity index (χ1) is 9.20. The molecule has 4 nitrogen and oxygen atoms in total. The molecule has 1 aromatic rings. The van der Waals surface area contributed by atoms with E-state index in [4.69, 9.17) is 4.74 Å². The number of nitrogens with zero attached hydrogens (tertiary/aromatic N) is 2. The number of benzene rings is 1. The van der Waals surface area contributed by atoms with Crippen LogP contribution >= 0.6 is 0 Å². The lowest BCUT2D eigenvalue weighted by atomic mass is 9.80. The maximum atomic E-state index is 11.7. The number of methoxy groups -OCH3 is 1. The summed E-state index contributed by atoms with van der Waals surface area (Å²) in [4.78, 5) is 14.0. The second-order valence-corrected chi connectivity index (χ2v) is 4.95. The van der Waals surface area contributed by atoms with Crippen LogP contribution in [0.4, 0.5) is 0 Å². The van der Waals surface area contributed by atoms with E-state index in [1.807, 2.05) is 18.2 Å². The average Bonchev–Trinajstić information content (AvgIpc) is 2.48. The van der Waals surface area contributed by atoms with Gasteiger partial charge in [0.25, 0.3) is 0 Å². The molecule has 1 aliphatic rings. The number of rotatable bonds is 3. The maximum Gasteiger partial charge on any atom is 0.326 e. The first-order valence-corrected chi connectivity index (χ1v) is 6.46. The Kier molecular flexibility index (Phi) is 4.18. The minimum Gasteiger partial charge on any atom is -0.468 e. The average molecular weight is 258 g/mol. The molecule has 19 heavy (non-hydrogen) atoms. The standard InChI is InChI=1S/C15H18N2O2/c1-19-14(18)15(12-16)7-9-17(10-8-15)11-13-5-3-2-4-6-13/h2-6H,7-11H2,1H3. The van der Waals surface area contributed by atoms with Gasteiger partial charge in [-0.3, -0.25) is 9.69 Å². The Morgan fingerprint density at radius 3 is 2.53 bits per heavy atom. The summed E-state index contributed by atoms with van der Waals surface area (Å²) in [7, 11) is 1.35. The van der Waals surface area contributed by atoms with Gasteiger partial charge in [-0.05, 0) is 18.4 Å². The molecule has 1 fully saturated rings. The Bertz CT molecular complexity index is 471. The number of hydrogen-bond acceptors (Lipinski definition) is 4. The van der Waals surface area contributed by atoms with Gasteiger partial charge in [-0.15, -0.1) is 0 Å². The maximum absolute atomic E-state index is 11.7. The molecule has 0 spiro atoms. The second kappa shape index (κ2) is 5.85. The zero-order valence-corrected chi connectivity index (χ0v) is 11.1. The van der Waals surface area contributed by atoms with Crippen LogP contribution in [-0.4, -0.2) is 31.1 Å². The van der Waals surface area contributed by atoms with Gasteiger partial charge in [-0.2, -0.15) is 5.26 Å². The molecular weight excluding hydrogens is 240 g/mol.